The second-order valence-corrected chi connectivity index (χ2v) is 9.27. The number of nitrogens with zero attached hydrogens (tertiary/aromatic N) is 4. The molecule has 164 valence electrons. The maximum absolute atomic E-state index is 12.9. The van der Waals surface area contributed by atoms with Crippen LogP contribution >= 0.6 is 23.4 Å². The first-order chi connectivity index (χ1) is 15.8. The van der Waals surface area contributed by atoms with Crippen molar-refractivity contribution < 1.29 is 4.79 Å². The van der Waals surface area contributed by atoms with Crippen LogP contribution in [0.15, 0.2) is 70.3 Å². The highest BCUT2D eigenvalue weighted by molar-refractivity contribution is 8.27. The molecule has 2 aliphatic heterocycles. The molecule has 2 aromatic carbocycles. The lowest BCUT2D eigenvalue weighted by molar-refractivity contribution is -0.114. The minimum Gasteiger partial charge on any atom is -0.318 e. The number of amidine groups is 2. The van der Waals surface area contributed by atoms with Crippen molar-refractivity contribution in [1.29, 1.82) is 5.41 Å². The topological polar surface area (TPSA) is 73.8 Å². The number of carbonyl (C=O) groups excluding carboxylic acids is 1. The Morgan fingerprint density at radius 2 is 1.85 bits per heavy atom. The maximum Gasteiger partial charge on any atom is 0.283 e. The number of halogens is 1. The van der Waals surface area contributed by atoms with Crippen molar-refractivity contribution >= 4 is 51.4 Å². The number of fused-ring (bicyclic) bond motifs is 1. The number of rotatable bonds is 3. The molecule has 0 spiro atoms. The summed E-state index contributed by atoms with van der Waals surface area (Å²) in [7, 11) is 0. The monoisotopic (exact) mass is 473 g/mol. The van der Waals surface area contributed by atoms with Crippen LogP contribution in [0.1, 0.15) is 28.1 Å². The van der Waals surface area contributed by atoms with Crippen LogP contribution in [0.2, 0.25) is 5.02 Å². The second kappa shape index (κ2) is 8.17. The van der Waals surface area contributed by atoms with Gasteiger partial charge in [-0.1, -0.05) is 41.9 Å². The predicted molar refractivity (Wildman–Crippen MR) is 136 cm³/mol. The average Bonchev–Trinajstić information content (AvgIpc) is 3.32. The van der Waals surface area contributed by atoms with Gasteiger partial charge in [0, 0.05) is 22.6 Å². The van der Waals surface area contributed by atoms with Crippen molar-refractivity contribution in [2.75, 3.05) is 0 Å². The largest absolute Gasteiger partial charge is 0.318 e. The number of aryl methyl sites for hydroxylation is 2. The summed E-state index contributed by atoms with van der Waals surface area (Å²) >= 11 is 7.55. The van der Waals surface area contributed by atoms with E-state index >= 15 is 0 Å². The van der Waals surface area contributed by atoms with E-state index in [1.165, 1.54) is 22.3 Å². The molecule has 3 aromatic rings. The number of amides is 1. The quantitative estimate of drug-likeness (QED) is 0.494. The SMILES string of the molecule is Cc1cccc(-n2c(C)cc(/C=C3\C(=N)N4N=C(c5ccccc5Cl)SC4=NC3=O)c2C)c1. The number of hydrazone groups is 1. The second-order valence-electron chi connectivity index (χ2n) is 7.91. The zero-order valence-electron chi connectivity index (χ0n) is 18.3. The molecule has 0 unspecified atom stereocenters. The molecule has 2 aliphatic rings. The van der Waals surface area contributed by atoms with E-state index in [2.05, 4.69) is 39.8 Å². The first-order valence-corrected chi connectivity index (χ1v) is 11.5. The molecule has 0 aliphatic carbocycles. The van der Waals surface area contributed by atoms with Gasteiger partial charge in [0.25, 0.3) is 5.91 Å². The maximum atomic E-state index is 12.9. The van der Waals surface area contributed by atoms with Gasteiger partial charge in [0.05, 0.1) is 10.6 Å². The smallest absolute Gasteiger partial charge is 0.283 e. The van der Waals surface area contributed by atoms with Crippen LogP contribution < -0.4 is 0 Å². The molecule has 0 saturated heterocycles. The van der Waals surface area contributed by atoms with Crippen LogP contribution in [0.25, 0.3) is 11.8 Å². The first-order valence-electron chi connectivity index (χ1n) is 10.3. The highest BCUT2D eigenvalue weighted by Gasteiger charge is 2.36. The molecule has 3 heterocycles. The fourth-order valence-electron chi connectivity index (χ4n) is 3.99. The van der Waals surface area contributed by atoms with Crippen LogP contribution in [-0.4, -0.2) is 31.5 Å². The van der Waals surface area contributed by atoms with Gasteiger partial charge >= 0.3 is 0 Å². The highest BCUT2D eigenvalue weighted by atomic mass is 35.5. The van der Waals surface area contributed by atoms with Crippen molar-refractivity contribution in [1.82, 2.24) is 9.58 Å². The number of aliphatic imine (C=N–C) groups is 1. The van der Waals surface area contributed by atoms with E-state index in [0.717, 1.165) is 28.2 Å². The van der Waals surface area contributed by atoms with Crippen molar-refractivity contribution in [2.24, 2.45) is 10.1 Å². The molecule has 0 radical (unpaired) electrons. The van der Waals surface area contributed by atoms with Gasteiger partial charge in [0.2, 0.25) is 5.17 Å². The van der Waals surface area contributed by atoms with Gasteiger partial charge in [-0.3, -0.25) is 10.2 Å². The Morgan fingerprint density at radius 3 is 2.61 bits per heavy atom. The van der Waals surface area contributed by atoms with E-state index in [-0.39, 0.29) is 11.4 Å². The number of benzene rings is 2. The summed E-state index contributed by atoms with van der Waals surface area (Å²) in [5, 5.41) is 16.1. The standard InChI is InChI=1S/C25H20ClN5OS/c1-14-7-6-8-18(11-14)30-15(2)12-17(16(30)3)13-20-22(27)31-25(28-23(20)32)33-24(29-31)19-9-4-5-10-21(19)26/h4-13,27H,1-3H3/b20-13+,27-22?. The van der Waals surface area contributed by atoms with E-state index in [1.54, 1.807) is 12.1 Å². The van der Waals surface area contributed by atoms with E-state index in [1.807, 2.05) is 44.2 Å². The molecule has 0 fully saturated rings. The first kappa shape index (κ1) is 21.4. The minimum atomic E-state index is -0.449. The Hall–Kier alpha value is -3.42. The molecule has 1 aromatic heterocycles. The number of hydrogen-bond acceptors (Lipinski definition) is 4. The Labute approximate surface area is 200 Å². The molecule has 5 rings (SSSR count). The number of carbonyl (C=O) groups is 1. The lowest BCUT2D eigenvalue weighted by Gasteiger charge is -2.20. The summed E-state index contributed by atoms with van der Waals surface area (Å²) in [5.74, 6) is -0.449. The van der Waals surface area contributed by atoms with E-state index in [9.17, 15) is 4.79 Å². The third kappa shape index (κ3) is 3.73. The minimum absolute atomic E-state index is 0.0000813. The third-order valence-corrected chi connectivity index (χ3v) is 6.86. The number of nitrogens with one attached hydrogen (secondary N) is 1. The molecule has 0 atom stereocenters. The van der Waals surface area contributed by atoms with Gasteiger partial charge in [0.1, 0.15) is 5.04 Å². The van der Waals surface area contributed by atoms with Crippen LogP contribution in [0.5, 0.6) is 0 Å². The zero-order chi connectivity index (χ0) is 23.3. The Balaban J connectivity index is 1.53. The molecule has 1 N–H and O–H groups in total. The molecule has 6 nitrogen and oxygen atoms in total. The predicted octanol–water partition coefficient (Wildman–Crippen LogP) is 5.72. The fraction of sp³-hybridized carbons (Fsp3) is 0.120. The Kier molecular flexibility index (Phi) is 5.31. The number of aromatic nitrogens is 1. The highest BCUT2D eigenvalue weighted by Crippen LogP contribution is 2.33. The summed E-state index contributed by atoms with van der Waals surface area (Å²) < 4.78 is 2.14. The summed E-state index contributed by atoms with van der Waals surface area (Å²) in [6.07, 6.45) is 1.73. The third-order valence-electron chi connectivity index (χ3n) is 5.59. The van der Waals surface area contributed by atoms with Crippen molar-refractivity contribution in [3.8, 4) is 5.69 Å². The normalized spacial score (nSPS) is 16.8. The summed E-state index contributed by atoms with van der Waals surface area (Å²) in [5.41, 5.74) is 6.07. The average molecular weight is 474 g/mol. The Bertz CT molecular complexity index is 1430. The van der Waals surface area contributed by atoms with Gasteiger partial charge in [-0.2, -0.15) is 15.1 Å². The van der Waals surface area contributed by atoms with Gasteiger partial charge < -0.3 is 4.57 Å². The van der Waals surface area contributed by atoms with E-state index in [4.69, 9.17) is 17.0 Å². The molecular weight excluding hydrogens is 454 g/mol. The molecule has 0 saturated carbocycles. The van der Waals surface area contributed by atoms with Crippen LogP contribution in [0.4, 0.5) is 0 Å². The number of hydrogen-bond donors (Lipinski definition) is 1. The van der Waals surface area contributed by atoms with Crippen LogP contribution in [0, 0.1) is 26.2 Å². The van der Waals surface area contributed by atoms with Crippen LogP contribution in [0.3, 0.4) is 0 Å². The number of thioether (sulfide) groups is 1. The Morgan fingerprint density at radius 1 is 1.06 bits per heavy atom. The zero-order valence-corrected chi connectivity index (χ0v) is 19.8. The lowest BCUT2D eigenvalue weighted by Crippen LogP contribution is -2.35. The van der Waals surface area contributed by atoms with Gasteiger partial charge in [0.15, 0.2) is 5.84 Å². The summed E-state index contributed by atoms with van der Waals surface area (Å²) in [6.45, 7) is 6.09. The van der Waals surface area contributed by atoms with Crippen molar-refractivity contribution in [3.63, 3.8) is 0 Å². The van der Waals surface area contributed by atoms with E-state index in [0.29, 0.717) is 15.2 Å². The summed E-state index contributed by atoms with van der Waals surface area (Å²) in [6, 6.07) is 17.6. The summed E-state index contributed by atoms with van der Waals surface area (Å²) in [4.78, 5) is 17.1. The van der Waals surface area contributed by atoms with Gasteiger partial charge in [-0.25, -0.2) is 0 Å². The van der Waals surface area contributed by atoms with Crippen molar-refractivity contribution in [2.45, 2.75) is 20.8 Å². The molecule has 0 bridgehead atoms. The fourth-order valence-corrected chi connectivity index (χ4v) is 5.20. The van der Waals surface area contributed by atoms with Gasteiger partial charge in [-0.15, -0.1) is 0 Å². The van der Waals surface area contributed by atoms with E-state index < -0.39 is 5.91 Å². The van der Waals surface area contributed by atoms with Crippen molar-refractivity contribution in [3.05, 3.63) is 93.3 Å². The molecule has 1 amide bonds. The lowest BCUT2D eigenvalue weighted by atomic mass is 10.1. The van der Waals surface area contributed by atoms with Gasteiger partial charge in [-0.05, 0) is 74.0 Å². The molecule has 33 heavy (non-hydrogen) atoms. The molecule has 8 heteroatoms. The molecular formula is C25H20ClN5OS. The van der Waals surface area contributed by atoms with Crippen LogP contribution in [-0.2, 0) is 4.79 Å².